The van der Waals surface area contributed by atoms with Crippen LogP contribution in [0.25, 0.3) is 21.7 Å². The van der Waals surface area contributed by atoms with E-state index < -0.39 is 0 Å². The number of carbonyl (C=O) groups excluding carboxylic acids is 1. The third-order valence-electron chi connectivity index (χ3n) is 6.92. The summed E-state index contributed by atoms with van der Waals surface area (Å²) in [6.45, 7) is 6.28. The second kappa shape index (κ2) is 10.4. The van der Waals surface area contributed by atoms with Gasteiger partial charge in [0.2, 0.25) is 5.91 Å². The number of anilines is 1. The molecule has 10 nitrogen and oxygen atoms in total. The van der Waals surface area contributed by atoms with Gasteiger partial charge in [0.1, 0.15) is 24.5 Å². The molecule has 198 valence electrons. The van der Waals surface area contributed by atoms with Crippen molar-refractivity contribution in [1.82, 2.24) is 29.4 Å². The van der Waals surface area contributed by atoms with Gasteiger partial charge in [-0.25, -0.2) is 19.9 Å². The van der Waals surface area contributed by atoms with Crippen molar-refractivity contribution < 1.29 is 14.3 Å². The minimum atomic E-state index is 0.154. The summed E-state index contributed by atoms with van der Waals surface area (Å²) in [5, 5.41) is 1.68. The van der Waals surface area contributed by atoms with Crippen molar-refractivity contribution in [3.05, 3.63) is 29.5 Å². The number of aromatic nitrogens is 5. The van der Waals surface area contributed by atoms with Crippen LogP contribution in [0, 0.1) is 6.92 Å². The molecule has 3 aromatic heterocycles. The van der Waals surface area contributed by atoms with Gasteiger partial charge in [-0.05, 0) is 44.7 Å². The van der Waals surface area contributed by atoms with E-state index in [1.165, 1.54) is 18.1 Å². The van der Waals surface area contributed by atoms with Crippen LogP contribution in [0.3, 0.4) is 0 Å². The maximum absolute atomic E-state index is 12.0. The molecule has 1 aromatic carbocycles. The highest BCUT2D eigenvalue weighted by molar-refractivity contribution is 7.99. The number of likely N-dealkylation sites (tertiary alicyclic amines) is 1. The quantitative estimate of drug-likeness (QED) is 0.352. The summed E-state index contributed by atoms with van der Waals surface area (Å²) in [7, 11) is 0. The molecule has 1 amide bonds. The lowest BCUT2D eigenvalue weighted by atomic mass is 10.1. The van der Waals surface area contributed by atoms with Gasteiger partial charge in [-0.15, -0.1) is 11.3 Å². The van der Waals surface area contributed by atoms with Crippen LogP contribution in [0.5, 0.6) is 11.5 Å². The second-order valence-corrected chi connectivity index (χ2v) is 11.7. The third kappa shape index (κ3) is 4.78. The molecule has 1 unspecified atom stereocenters. The summed E-state index contributed by atoms with van der Waals surface area (Å²) in [6, 6.07) is 4.30. The number of ether oxygens (including phenoxy) is 2. The molecule has 0 spiro atoms. The Morgan fingerprint density at radius 1 is 1.21 bits per heavy atom. The Bertz CT molecular complexity index is 1500. The molecular weight excluding hydrogens is 522 g/mol. The lowest BCUT2D eigenvalue weighted by Gasteiger charge is -2.23. The maximum atomic E-state index is 12.0. The van der Waals surface area contributed by atoms with Gasteiger partial charge in [-0.2, -0.15) is 0 Å². The van der Waals surface area contributed by atoms with E-state index in [-0.39, 0.29) is 11.9 Å². The third-order valence-corrected chi connectivity index (χ3v) is 8.92. The fraction of sp³-hybridized carbons (Fsp3) is 0.423. The smallest absolute Gasteiger partial charge is 0.219 e. The van der Waals surface area contributed by atoms with Crippen LogP contribution in [-0.2, 0) is 11.3 Å². The Morgan fingerprint density at radius 3 is 2.79 bits per heavy atom. The van der Waals surface area contributed by atoms with Gasteiger partial charge in [-0.1, -0.05) is 11.8 Å². The van der Waals surface area contributed by atoms with Gasteiger partial charge in [0.05, 0.1) is 0 Å². The molecule has 12 heteroatoms. The van der Waals surface area contributed by atoms with Crippen molar-refractivity contribution in [2.75, 3.05) is 25.5 Å². The molecular formula is C26H29N7O3S2. The maximum Gasteiger partial charge on any atom is 0.219 e. The Hall–Kier alpha value is -3.38. The number of rotatable bonds is 7. The van der Waals surface area contributed by atoms with E-state index in [9.17, 15) is 4.79 Å². The normalized spacial score (nSPS) is 16.9. The molecule has 2 N–H and O–H groups in total. The number of carbonyl (C=O) groups is 1. The van der Waals surface area contributed by atoms with Gasteiger partial charge in [0.25, 0.3) is 0 Å². The molecule has 0 aliphatic carbocycles. The van der Waals surface area contributed by atoms with E-state index in [1.807, 2.05) is 30.2 Å². The van der Waals surface area contributed by atoms with Crippen molar-refractivity contribution in [2.45, 2.75) is 62.2 Å². The van der Waals surface area contributed by atoms with Gasteiger partial charge < -0.3 is 24.7 Å². The summed E-state index contributed by atoms with van der Waals surface area (Å²) in [6.07, 6.45) is 7.28. The number of imidazole rings is 1. The summed E-state index contributed by atoms with van der Waals surface area (Å²) >= 11 is 3.17. The fourth-order valence-electron chi connectivity index (χ4n) is 5.15. The van der Waals surface area contributed by atoms with Crippen LogP contribution in [-0.4, -0.2) is 61.1 Å². The summed E-state index contributed by atoms with van der Waals surface area (Å²) in [5.74, 6) is 1.94. The number of nitrogen functional groups attached to an aromatic ring is 1. The van der Waals surface area contributed by atoms with Crippen LogP contribution < -0.4 is 15.2 Å². The molecule has 6 rings (SSSR count). The zero-order valence-corrected chi connectivity index (χ0v) is 23.0. The van der Waals surface area contributed by atoms with Crippen LogP contribution in [0.15, 0.2) is 34.7 Å². The van der Waals surface area contributed by atoms with E-state index in [0.717, 1.165) is 63.5 Å². The van der Waals surface area contributed by atoms with Crippen LogP contribution in [0.2, 0.25) is 0 Å². The predicted molar refractivity (Wildman–Crippen MR) is 147 cm³/mol. The monoisotopic (exact) mass is 551 g/mol. The minimum Gasteiger partial charge on any atom is -0.486 e. The molecule has 2 aliphatic heterocycles. The molecule has 0 radical (unpaired) electrons. The number of benzene rings is 1. The lowest BCUT2D eigenvalue weighted by molar-refractivity contribution is -0.129. The number of hydrogen-bond acceptors (Lipinski definition) is 10. The number of amides is 1. The number of nitrogens with two attached hydrogens (primary N) is 1. The lowest BCUT2D eigenvalue weighted by Crippen LogP contribution is -2.33. The number of aryl methyl sites for hydroxylation is 2. The van der Waals surface area contributed by atoms with Crippen molar-refractivity contribution in [3.8, 4) is 22.1 Å². The summed E-state index contributed by atoms with van der Waals surface area (Å²) in [5.41, 5.74) is 8.47. The molecule has 2 aliphatic rings. The standard InChI is InChI=1S/C26H29N7O3S2/c1-15-13-28-25(37-15)18-11-19-20(36-10-9-35-19)12-21(18)38-26-31-22-23(27)29-14-30-24(22)33(26)8-4-6-17-5-3-7-32(17)16(2)34/h11-14,17H,3-10H2,1-2H3,(H2,27,29,30). The molecule has 0 bridgehead atoms. The van der Waals surface area contributed by atoms with Crippen molar-refractivity contribution >= 4 is 46.0 Å². The number of thiazole rings is 1. The first-order chi connectivity index (χ1) is 18.5. The number of nitrogens with zero attached hydrogens (tertiary/aromatic N) is 6. The zero-order chi connectivity index (χ0) is 26.2. The molecule has 38 heavy (non-hydrogen) atoms. The Morgan fingerprint density at radius 2 is 2.03 bits per heavy atom. The fourth-order valence-corrected chi connectivity index (χ4v) is 7.06. The van der Waals surface area contributed by atoms with Gasteiger partial charge in [0, 0.05) is 47.6 Å². The largest absolute Gasteiger partial charge is 0.486 e. The molecule has 5 heterocycles. The summed E-state index contributed by atoms with van der Waals surface area (Å²) in [4.78, 5) is 34.3. The van der Waals surface area contributed by atoms with E-state index >= 15 is 0 Å². The second-order valence-electron chi connectivity index (χ2n) is 9.50. The van der Waals surface area contributed by atoms with E-state index in [4.69, 9.17) is 20.2 Å². The Labute approximate surface area is 228 Å². The van der Waals surface area contributed by atoms with Gasteiger partial charge in [0.15, 0.2) is 33.6 Å². The van der Waals surface area contributed by atoms with Crippen LogP contribution in [0.1, 0.15) is 37.5 Å². The Kier molecular flexibility index (Phi) is 6.83. The van der Waals surface area contributed by atoms with E-state index in [0.29, 0.717) is 42.5 Å². The van der Waals surface area contributed by atoms with Crippen molar-refractivity contribution in [1.29, 1.82) is 0 Å². The highest BCUT2D eigenvalue weighted by Crippen LogP contribution is 2.45. The SMILES string of the molecule is CC(=O)N1CCCC1CCCn1c(Sc2cc3c(cc2-c2ncc(C)s2)OCCO3)nc2c(N)ncnc21. The average molecular weight is 552 g/mol. The first-order valence-electron chi connectivity index (χ1n) is 12.8. The molecule has 1 fully saturated rings. The van der Waals surface area contributed by atoms with Crippen LogP contribution in [0.4, 0.5) is 5.82 Å². The first kappa shape index (κ1) is 24.9. The van der Waals surface area contributed by atoms with E-state index in [1.54, 1.807) is 18.3 Å². The first-order valence-corrected chi connectivity index (χ1v) is 14.4. The number of fused-ring (bicyclic) bond motifs is 2. The minimum absolute atomic E-state index is 0.154. The van der Waals surface area contributed by atoms with Crippen molar-refractivity contribution in [3.63, 3.8) is 0 Å². The molecule has 1 atom stereocenters. The topological polar surface area (TPSA) is 121 Å². The molecule has 0 saturated carbocycles. The summed E-state index contributed by atoms with van der Waals surface area (Å²) < 4.78 is 13.9. The average Bonchev–Trinajstić information content (AvgIpc) is 3.64. The highest BCUT2D eigenvalue weighted by Gasteiger charge is 2.27. The molecule has 1 saturated heterocycles. The van der Waals surface area contributed by atoms with E-state index in [2.05, 4.69) is 19.5 Å². The predicted octanol–water partition coefficient (Wildman–Crippen LogP) is 4.55. The van der Waals surface area contributed by atoms with Crippen molar-refractivity contribution in [2.24, 2.45) is 0 Å². The Balaban J connectivity index is 1.35. The van der Waals surface area contributed by atoms with Gasteiger partial charge >= 0.3 is 0 Å². The molecule has 4 aromatic rings. The zero-order valence-electron chi connectivity index (χ0n) is 21.3. The highest BCUT2D eigenvalue weighted by atomic mass is 32.2. The van der Waals surface area contributed by atoms with Crippen LogP contribution >= 0.6 is 23.1 Å². The van der Waals surface area contributed by atoms with Gasteiger partial charge in [-0.3, -0.25) is 4.79 Å². The number of hydrogen-bond donors (Lipinski definition) is 1.